The minimum atomic E-state index is 0.605. The van der Waals surface area contributed by atoms with Gasteiger partial charge >= 0.3 is 0 Å². The van der Waals surface area contributed by atoms with E-state index in [1.165, 1.54) is 34.6 Å². The Kier molecular flexibility index (Phi) is 7.45. The number of hydrogen-bond acceptors (Lipinski definition) is 2. The van der Waals surface area contributed by atoms with Gasteiger partial charge in [0.05, 0.1) is 0 Å². The maximum Gasteiger partial charge on any atom is 0.0198 e. The Morgan fingerprint density at radius 2 is 1.94 bits per heavy atom. The lowest BCUT2D eigenvalue weighted by atomic mass is 10.0. The molecular formula is C16H27NS. The number of aryl methyl sites for hydroxylation is 2. The predicted octanol–water partition coefficient (Wildman–Crippen LogP) is 3.97. The van der Waals surface area contributed by atoms with E-state index in [4.69, 9.17) is 0 Å². The van der Waals surface area contributed by atoms with E-state index in [0.717, 1.165) is 13.0 Å². The van der Waals surface area contributed by atoms with Gasteiger partial charge in [-0.2, -0.15) is 11.8 Å². The molecule has 0 saturated heterocycles. The molecule has 0 spiro atoms. The van der Waals surface area contributed by atoms with Crippen molar-refractivity contribution >= 4 is 11.8 Å². The summed E-state index contributed by atoms with van der Waals surface area (Å²) in [5.41, 5.74) is 4.25. The molecular weight excluding hydrogens is 238 g/mol. The van der Waals surface area contributed by atoms with E-state index in [0.29, 0.717) is 6.04 Å². The zero-order chi connectivity index (χ0) is 13.4. The van der Waals surface area contributed by atoms with Crippen molar-refractivity contribution in [2.45, 2.75) is 46.6 Å². The smallest absolute Gasteiger partial charge is 0.0198 e. The van der Waals surface area contributed by atoms with Gasteiger partial charge in [-0.05, 0) is 55.7 Å². The highest BCUT2D eigenvalue weighted by molar-refractivity contribution is 7.99. The SMILES string of the molecule is CCCSCC(Cc1ccc(C)c(C)c1)NCC. The summed E-state index contributed by atoms with van der Waals surface area (Å²) in [5.74, 6) is 2.49. The standard InChI is InChI=1S/C16H27NS/c1-5-9-18-12-16(17-6-2)11-15-8-7-13(3)14(4)10-15/h7-8,10,16-17H,5-6,9,11-12H2,1-4H3. The van der Waals surface area contributed by atoms with E-state index in [9.17, 15) is 0 Å². The molecule has 0 aromatic heterocycles. The molecule has 0 fully saturated rings. The third-order valence-electron chi connectivity index (χ3n) is 3.21. The molecule has 0 saturated carbocycles. The highest BCUT2D eigenvalue weighted by Gasteiger charge is 2.08. The van der Waals surface area contributed by atoms with Crippen LogP contribution in [0.5, 0.6) is 0 Å². The molecule has 102 valence electrons. The number of thioether (sulfide) groups is 1. The Balaban J connectivity index is 2.55. The van der Waals surface area contributed by atoms with Crippen LogP contribution in [-0.4, -0.2) is 24.1 Å². The fourth-order valence-electron chi connectivity index (χ4n) is 2.06. The Bertz CT molecular complexity index is 349. The zero-order valence-electron chi connectivity index (χ0n) is 12.3. The molecule has 1 rings (SSSR count). The topological polar surface area (TPSA) is 12.0 Å². The Labute approximate surface area is 117 Å². The van der Waals surface area contributed by atoms with Crippen LogP contribution in [-0.2, 0) is 6.42 Å². The zero-order valence-corrected chi connectivity index (χ0v) is 13.1. The molecule has 1 aromatic rings. The minimum Gasteiger partial charge on any atom is -0.313 e. The Hall–Kier alpha value is -0.470. The van der Waals surface area contributed by atoms with Gasteiger partial charge in [0.2, 0.25) is 0 Å². The summed E-state index contributed by atoms with van der Waals surface area (Å²) in [6.45, 7) is 9.88. The van der Waals surface area contributed by atoms with Gasteiger partial charge in [0.15, 0.2) is 0 Å². The number of benzene rings is 1. The van der Waals surface area contributed by atoms with Crippen LogP contribution in [0, 0.1) is 13.8 Å². The first-order valence-electron chi connectivity index (χ1n) is 7.04. The lowest BCUT2D eigenvalue weighted by molar-refractivity contribution is 0.572. The van der Waals surface area contributed by atoms with Crippen LogP contribution in [0.15, 0.2) is 18.2 Å². The molecule has 1 unspecified atom stereocenters. The van der Waals surface area contributed by atoms with Crippen molar-refractivity contribution in [2.75, 3.05) is 18.1 Å². The quantitative estimate of drug-likeness (QED) is 0.714. The van der Waals surface area contributed by atoms with Crippen LogP contribution in [0.25, 0.3) is 0 Å². The van der Waals surface area contributed by atoms with Crippen molar-refractivity contribution in [3.05, 3.63) is 34.9 Å². The van der Waals surface area contributed by atoms with Gasteiger partial charge in [0.1, 0.15) is 0 Å². The highest BCUT2D eigenvalue weighted by atomic mass is 32.2. The average molecular weight is 265 g/mol. The third kappa shape index (κ3) is 5.45. The monoisotopic (exact) mass is 265 g/mol. The van der Waals surface area contributed by atoms with Gasteiger partial charge in [0.25, 0.3) is 0 Å². The molecule has 1 atom stereocenters. The van der Waals surface area contributed by atoms with Crippen molar-refractivity contribution in [1.82, 2.24) is 5.32 Å². The Morgan fingerprint density at radius 1 is 1.17 bits per heavy atom. The summed E-state index contributed by atoms with van der Waals surface area (Å²) in [5, 5.41) is 3.60. The molecule has 0 radical (unpaired) electrons. The lowest BCUT2D eigenvalue weighted by Crippen LogP contribution is -2.33. The van der Waals surface area contributed by atoms with Crippen LogP contribution in [0.4, 0.5) is 0 Å². The molecule has 0 aliphatic heterocycles. The third-order valence-corrected chi connectivity index (χ3v) is 4.55. The summed E-state index contributed by atoms with van der Waals surface area (Å²) in [4.78, 5) is 0. The van der Waals surface area contributed by atoms with E-state index in [1.54, 1.807) is 0 Å². The second kappa shape index (κ2) is 8.60. The van der Waals surface area contributed by atoms with Crippen LogP contribution in [0.3, 0.4) is 0 Å². The van der Waals surface area contributed by atoms with Crippen LogP contribution in [0.2, 0.25) is 0 Å². The molecule has 0 aliphatic rings. The maximum absolute atomic E-state index is 3.60. The molecule has 1 aromatic carbocycles. The molecule has 0 bridgehead atoms. The molecule has 0 aliphatic carbocycles. The highest BCUT2D eigenvalue weighted by Crippen LogP contribution is 2.14. The Morgan fingerprint density at radius 3 is 2.56 bits per heavy atom. The second-order valence-corrected chi connectivity index (χ2v) is 6.10. The van der Waals surface area contributed by atoms with Gasteiger partial charge in [-0.1, -0.05) is 32.0 Å². The number of rotatable bonds is 8. The van der Waals surface area contributed by atoms with Crippen LogP contribution in [0.1, 0.15) is 37.0 Å². The first-order valence-corrected chi connectivity index (χ1v) is 8.20. The van der Waals surface area contributed by atoms with Crippen molar-refractivity contribution in [2.24, 2.45) is 0 Å². The fraction of sp³-hybridized carbons (Fsp3) is 0.625. The molecule has 0 amide bonds. The van der Waals surface area contributed by atoms with Gasteiger partial charge in [0, 0.05) is 11.8 Å². The van der Waals surface area contributed by atoms with Crippen molar-refractivity contribution in [3.8, 4) is 0 Å². The minimum absolute atomic E-state index is 0.605. The molecule has 1 N–H and O–H groups in total. The molecule has 0 heterocycles. The van der Waals surface area contributed by atoms with Crippen LogP contribution >= 0.6 is 11.8 Å². The summed E-state index contributed by atoms with van der Waals surface area (Å²) in [7, 11) is 0. The molecule has 2 heteroatoms. The van der Waals surface area contributed by atoms with Crippen LogP contribution < -0.4 is 5.32 Å². The number of likely N-dealkylation sites (N-methyl/N-ethyl adjacent to an activating group) is 1. The van der Waals surface area contributed by atoms with E-state index >= 15 is 0 Å². The average Bonchev–Trinajstić information content (AvgIpc) is 2.34. The van der Waals surface area contributed by atoms with E-state index in [1.807, 2.05) is 0 Å². The maximum atomic E-state index is 3.60. The van der Waals surface area contributed by atoms with E-state index in [-0.39, 0.29) is 0 Å². The first kappa shape index (κ1) is 15.6. The lowest BCUT2D eigenvalue weighted by Gasteiger charge is -2.18. The van der Waals surface area contributed by atoms with E-state index < -0.39 is 0 Å². The summed E-state index contributed by atoms with van der Waals surface area (Å²) < 4.78 is 0. The summed E-state index contributed by atoms with van der Waals surface area (Å²) in [6, 6.07) is 7.46. The predicted molar refractivity (Wildman–Crippen MR) is 84.7 cm³/mol. The second-order valence-electron chi connectivity index (χ2n) is 4.95. The first-order chi connectivity index (χ1) is 8.67. The number of hydrogen-bond donors (Lipinski definition) is 1. The largest absolute Gasteiger partial charge is 0.313 e. The fourth-order valence-corrected chi connectivity index (χ4v) is 3.04. The van der Waals surface area contributed by atoms with Gasteiger partial charge in [-0.15, -0.1) is 0 Å². The summed E-state index contributed by atoms with van der Waals surface area (Å²) >= 11 is 2.07. The molecule has 18 heavy (non-hydrogen) atoms. The number of nitrogens with one attached hydrogen (secondary N) is 1. The van der Waals surface area contributed by atoms with Gasteiger partial charge < -0.3 is 5.32 Å². The molecule has 1 nitrogen and oxygen atoms in total. The van der Waals surface area contributed by atoms with Gasteiger partial charge in [-0.25, -0.2) is 0 Å². The van der Waals surface area contributed by atoms with Crippen molar-refractivity contribution < 1.29 is 0 Å². The van der Waals surface area contributed by atoms with Crippen molar-refractivity contribution in [3.63, 3.8) is 0 Å². The normalized spacial score (nSPS) is 12.7. The summed E-state index contributed by atoms with van der Waals surface area (Å²) in [6.07, 6.45) is 2.42. The van der Waals surface area contributed by atoms with Gasteiger partial charge in [-0.3, -0.25) is 0 Å². The van der Waals surface area contributed by atoms with Crippen molar-refractivity contribution in [1.29, 1.82) is 0 Å². The van der Waals surface area contributed by atoms with E-state index in [2.05, 4.69) is 63.0 Å².